The normalized spacial score (nSPS) is 41.8. The van der Waals surface area contributed by atoms with E-state index in [-0.39, 0.29) is 5.54 Å². The Morgan fingerprint density at radius 1 is 1.17 bits per heavy atom. The largest absolute Gasteiger partial charge is 0.329 e. The van der Waals surface area contributed by atoms with Crippen LogP contribution in [0.4, 0.5) is 0 Å². The molecule has 2 heteroatoms. The summed E-state index contributed by atoms with van der Waals surface area (Å²) in [5.74, 6) is 0.734. The van der Waals surface area contributed by atoms with Gasteiger partial charge in [0.1, 0.15) is 0 Å². The number of hydrogen-bond donors (Lipinski definition) is 1. The summed E-state index contributed by atoms with van der Waals surface area (Å²) in [4.78, 5) is 2.79. The molecule has 0 spiro atoms. The van der Waals surface area contributed by atoms with E-state index in [1.807, 2.05) is 0 Å². The van der Waals surface area contributed by atoms with Gasteiger partial charge in [0.2, 0.25) is 0 Å². The van der Waals surface area contributed by atoms with Crippen LogP contribution in [0.3, 0.4) is 0 Å². The number of hydrogen-bond acceptors (Lipinski definition) is 2. The van der Waals surface area contributed by atoms with Gasteiger partial charge >= 0.3 is 0 Å². The Bertz CT molecular complexity index is 287. The molecule has 1 aliphatic heterocycles. The van der Waals surface area contributed by atoms with Crippen molar-refractivity contribution in [3.05, 3.63) is 0 Å². The van der Waals surface area contributed by atoms with Gasteiger partial charge in [0.05, 0.1) is 0 Å². The molecule has 2 aliphatic rings. The molecule has 1 saturated heterocycles. The van der Waals surface area contributed by atoms with Crippen molar-refractivity contribution in [3.63, 3.8) is 0 Å². The molecule has 2 N–H and O–H groups in total. The lowest BCUT2D eigenvalue weighted by Crippen LogP contribution is -2.59. The second-order valence-corrected chi connectivity index (χ2v) is 7.65. The van der Waals surface area contributed by atoms with E-state index in [1.54, 1.807) is 0 Å². The van der Waals surface area contributed by atoms with Gasteiger partial charge in [0.25, 0.3) is 0 Å². The lowest BCUT2D eigenvalue weighted by molar-refractivity contribution is 0.0272. The van der Waals surface area contributed by atoms with E-state index in [0.29, 0.717) is 11.5 Å². The molecule has 106 valence electrons. The molecular weight excluding hydrogens is 220 g/mol. The first-order valence-electron chi connectivity index (χ1n) is 7.88. The molecule has 18 heavy (non-hydrogen) atoms. The fourth-order valence-corrected chi connectivity index (χ4v) is 4.81. The lowest BCUT2D eigenvalue weighted by atomic mass is 9.83. The number of nitrogens with zero attached hydrogens (tertiary/aromatic N) is 1. The molecule has 0 amide bonds. The predicted molar refractivity (Wildman–Crippen MR) is 78.6 cm³/mol. The van der Waals surface area contributed by atoms with Crippen LogP contribution in [-0.4, -0.2) is 29.6 Å². The van der Waals surface area contributed by atoms with Crippen LogP contribution in [0.25, 0.3) is 0 Å². The van der Waals surface area contributed by atoms with Crippen molar-refractivity contribution in [2.75, 3.05) is 13.1 Å². The van der Waals surface area contributed by atoms with Gasteiger partial charge in [0, 0.05) is 18.1 Å². The molecule has 1 heterocycles. The standard InChI is InChI=1S/C16H32N2/c1-13-10-15(3,4)11-16(13,12-17)18-9-7-5-6-8-14(18)2/h13-14H,5-12,17H2,1-4H3. The van der Waals surface area contributed by atoms with Crippen LogP contribution in [0, 0.1) is 11.3 Å². The summed E-state index contributed by atoms with van der Waals surface area (Å²) in [5, 5.41) is 0. The van der Waals surface area contributed by atoms with Gasteiger partial charge in [-0.2, -0.15) is 0 Å². The highest BCUT2D eigenvalue weighted by Gasteiger charge is 2.51. The molecule has 0 aromatic carbocycles. The highest BCUT2D eigenvalue weighted by molar-refractivity contribution is 5.07. The first kappa shape index (κ1) is 14.3. The minimum Gasteiger partial charge on any atom is -0.329 e. The van der Waals surface area contributed by atoms with Gasteiger partial charge < -0.3 is 5.73 Å². The average molecular weight is 252 g/mol. The van der Waals surface area contributed by atoms with Crippen LogP contribution in [0.5, 0.6) is 0 Å². The van der Waals surface area contributed by atoms with Crippen LogP contribution in [-0.2, 0) is 0 Å². The molecule has 1 aliphatic carbocycles. The van der Waals surface area contributed by atoms with E-state index >= 15 is 0 Å². The number of rotatable bonds is 2. The van der Waals surface area contributed by atoms with Crippen molar-refractivity contribution >= 4 is 0 Å². The summed E-state index contributed by atoms with van der Waals surface area (Å²) < 4.78 is 0. The smallest absolute Gasteiger partial charge is 0.0365 e. The van der Waals surface area contributed by atoms with Crippen LogP contribution < -0.4 is 5.73 Å². The lowest BCUT2D eigenvalue weighted by Gasteiger charge is -2.47. The van der Waals surface area contributed by atoms with Crippen molar-refractivity contribution in [2.45, 2.75) is 77.8 Å². The highest BCUT2D eigenvalue weighted by atomic mass is 15.2. The van der Waals surface area contributed by atoms with E-state index in [1.165, 1.54) is 45.1 Å². The number of likely N-dealkylation sites (tertiary alicyclic amines) is 1. The Kier molecular flexibility index (Phi) is 4.08. The van der Waals surface area contributed by atoms with Gasteiger partial charge in [-0.1, -0.05) is 33.6 Å². The Morgan fingerprint density at radius 2 is 1.89 bits per heavy atom. The fraction of sp³-hybridized carbons (Fsp3) is 1.00. The summed E-state index contributed by atoms with van der Waals surface area (Å²) in [6, 6.07) is 0.715. The molecular formula is C16H32N2. The second kappa shape index (κ2) is 5.13. The molecule has 2 nitrogen and oxygen atoms in total. The Hall–Kier alpha value is -0.0800. The summed E-state index contributed by atoms with van der Waals surface area (Å²) in [6.45, 7) is 11.8. The first-order chi connectivity index (χ1) is 8.41. The Labute approximate surface area is 113 Å². The van der Waals surface area contributed by atoms with Gasteiger partial charge in [-0.3, -0.25) is 4.90 Å². The minimum atomic E-state index is 0.271. The van der Waals surface area contributed by atoms with Crippen molar-refractivity contribution in [3.8, 4) is 0 Å². The minimum absolute atomic E-state index is 0.271. The quantitative estimate of drug-likeness (QED) is 0.816. The third-order valence-electron chi connectivity index (χ3n) is 5.54. The SMILES string of the molecule is CC1CCCCCN1C1(CN)CC(C)(C)CC1C. The second-order valence-electron chi connectivity index (χ2n) is 7.65. The molecule has 2 fully saturated rings. The molecule has 0 radical (unpaired) electrons. The zero-order valence-corrected chi connectivity index (χ0v) is 12.8. The summed E-state index contributed by atoms with van der Waals surface area (Å²) in [5.41, 5.74) is 7.02. The molecule has 2 rings (SSSR count). The zero-order chi connectivity index (χ0) is 13.4. The average Bonchev–Trinajstić information content (AvgIpc) is 2.44. The third kappa shape index (κ3) is 2.46. The van der Waals surface area contributed by atoms with E-state index < -0.39 is 0 Å². The van der Waals surface area contributed by atoms with E-state index in [9.17, 15) is 0 Å². The van der Waals surface area contributed by atoms with Crippen LogP contribution >= 0.6 is 0 Å². The molecule has 0 bridgehead atoms. The van der Waals surface area contributed by atoms with Gasteiger partial charge in [-0.15, -0.1) is 0 Å². The topological polar surface area (TPSA) is 29.3 Å². The van der Waals surface area contributed by atoms with Gasteiger partial charge in [-0.25, -0.2) is 0 Å². The van der Waals surface area contributed by atoms with Crippen molar-refractivity contribution in [1.29, 1.82) is 0 Å². The predicted octanol–water partition coefficient (Wildman–Crippen LogP) is 3.40. The molecule has 3 atom stereocenters. The first-order valence-corrected chi connectivity index (χ1v) is 7.88. The van der Waals surface area contributed by atoms with E-state index in [4.69, 9.17) is 5.73 Å². The molecule has 0 aromatic heterocycles. The maximum absolute atomic E-state index is 6.28. The van der Waals surface area contributed by atoms with Crippen LogP contribution in [0.15, 0.2) is 0 Å². The van der Waals surface area contributed by atoms with Crippen LogP contribution in [0.1, 0.15) is 66.2 Å². The zero-order valence-electron chi connectivity index (χ0n) is 12.8. The van der Waals surface area contributed by atoms with Crippen molar-refractivity contribution in [1.82, 2.24) is 4.90 Å². The van der Waals surface area contributed by atoms with Crippen molar-refractivity contribution < 1.29 is 0 Å². The fourth-order valence-electron chi connectivity index (χ4n) is 4.81. The summed E-state index contributed by atoms with van der Waals surface area (Å²) >= 11 is 0. The third-order valence-corrected chi connectivity index (χ3v) is 5.54. The van der Waals surface area contributed by atoms with Crippen LogP contribution in [0.2, 0.25) is 0 Å². The maximum atomic E-state index is 6.28. The maximum Gasteiger partial charge on any atom is 0.0365 e. The summed E-state index contributed by atoms with van der Waals surface area (Å²) in [7, 11) is 0. The highest BCUT2D eigenvalue weighted by Crippen LogP contribution is 2.51. The van der Waals surface area contributed by atoms with Crippen molar-refractivity contribution in [2.24, 2.45) is 17.1 Å². The monoisotopic (exact) mass is 252 g/mol. The molecule has 3 unspecified atom stereocenters. The molecule has 1 saturated carbocycles. The van der Waals surface area contributed by atoms with Gasteiger partial charge in [0.15, 0.2) is 0 Å². The van der Waals surface area contributed by atoms with E-state index in [2.05, 4.69) is 32.6 Å². The number of nitrogens with two attached hydrogens (primary N) is 1. The van der Waals surface area contributed by atoms with E-state index in [0.717, 1.165) is 12.5 Å². The molecule has 0 aromatic rings. The van der Waals surface area contributed by atoms with Gasteiger partial charge in [-0.05, 0) is 50.5 Å². The Balaban J connectivity index is 2.25. The summed E-state index contributed by atoms with van der Waals surface area (Å²) in [6.07, 6.45) is 8.12. The Morgan fingerprint density at radius 3 is 2.44 bits per heavy atom.